The van der Waals surface area contributed by atoms with Crippen molar-refractivity contribution in [3.63, 3.8) is 0 Å². The van der Waals surface area contributed by atoms with Gasteiger partial charge in [0.2, 0.25) is 0 Å². The predicted molar refractivity (Wildman–Crippen MR) is 65.0 cm³/mol. The van der Waals surface area contributed by atoms with Crippen LogP contribution in [-0.2, 0) is 13.2 Å². The van der Waals surface area contributed by atoms with Gasteiger partial charge in [0.25, 0.3) is 0 Å². The van der Waals surface area contributed by atoms with Crippen LogP contribution < -0.4 is 10.5 Å². The van der Waals surface area contributed by atoms with Gasteiger partial charge in [0.15, 0.2) is 23.2 Å². The average Bonchev–Trinajstić information content (AvgIpc) is 2.41. The smallest absolute Gasteiger partial charge is 0.165 e. The molecule has 0 unspecified atom stereocenters. The molecule has 100 valence electrons. The molecule has 19 heavy (non-hydrogen) atoms. The van der Waals surface area contributed by atoms with E-state index in [1.807, 2.05) is 0 Å². The molecular formula is C14H12F3NO. The molecule has 2 nitrogen and oxygen atoms in total. The highest BCUT2D eigenvalue weighted by molar-refractivity contribution is 5.29. The Morgan fingerprint density at radius 2 is 1.53 bits per heavy atom. The summed E-state index contributed by atoms with van der Waals surface area (Å²) in [5.41, 5.74) is 6.45. The van der Waals surface area contributed by atoms with Crippen molar-refractivity contribution in [3.8, 4) is 5.75 Å². The molecule has 2 N–H and O–H groups in total. The second-order valence-electron chi connectivity index (χ2n) is 4.01. The van der Waals surface area contributed by atoms with Crippen LogP contribution in [0, 0.1) is 17.5 Å². The molecule has 0 bridgehead atoms. The van der Waals surface area contributed by atoms with Crippen LogP contribution in [0.25, 0.3) is 0 Å². The number of hydrogen-bond donors (Lipinski definition) is 1. The number of halogens is 3. The van der Waals surface area contributed by atoms with Crippen LogP contribution in [0.5, 0.6) is 5.75 Å². The van der Waals surface area contributed by atoms with Crippen molar-refractivity contribution < 1.29 is 17.9 Å². The number of ether oxygens (including phenoxy) is 1. The van der Waals surface area contributed by atoms with Gasteiger partial charge < -0.3 is 10.5 Å². The lowest BCUT2D eigenvalue weighted by atomic mass is 10.2. The van der Waals surface area contributed by atoms with Crippen LogP contribution in [0.2, 0.25) is 0 Å². The minimum absolute atomic E-state index is 0.0435. The Balaban J connectivity index is 2.07. The van der Waals surface area contributed by atoms with Gasteiger partial charge in [-0.25, -0.2) is 13.2 Å². The van der Waals surface area contributed by atoms with Gasteiger partial charge >= 0.3 is 0 Å². The third-order valence-corrected chi connectivity index (χ3v) is 2.61. The molecule has 0 aromatic heterocycles. The topological polar surface area (TPSA) is 35.2 Å². The Hall–Kier alpha value is -2.01. The zero-order chi connectivity index (χ0) is 13.8. The Morgan fingerprint density at radius 3 is 2.16 bits per heavy atom. The lowest BCUT2D eigenvalue weighted by Gasteiger charge is -2.08. The van der Waals surface area contributed by atoms with Gasteiger partial charge in [-0.3, -0.25) is 0 Å². The molecule has 0 aliphatic carbocycles. The van der Waals surface area contributed by atoms with E-state index in [0.29, 0.717) is 11.1 Å². The van der Waals surface area contributed by atoms with E-state index in [2.05, 4.69) is 0 Å². The molecule has 0 atom stereocenters. The molecule has 0 aliphatic heterocycles. The third-order valence-electron chi connectivity index (χ3n) is 2.61. The van der Waals surface area contributed by atoms with E-state index in [0.717, 1.165) is 12.1 Å². The van der Waals surface area contributed by atoms with Gasteiger partial charge in [-0.1, -0.05) is 12.1 Å². The van der Waals surface area contributed by atoms with E-state index in [4.69, 9.17) is 10.5 Å². The fraction of sp³-hybridized carbons (Fsp3) is 0.143. The normalized spacial score (nSPS) is 10.5. The number of rotatable bonds is 4. The zero-order valence-electron chi connectivity index (χ0n) is 10.00. The van der Waals surface area contributed by atoms with Gasteiger partial charge in [-0.05, 0) is 35.4 Å². The van der Waals surface area contributed by atoms with Crippen LogP contribution in [0.4, 0.5) is 13.2 Å². The average molecular weight is 267 g/mol. The first-order valence-electron chi connectivity index (χ1n) is 5.65. The number of benzene rings is 2. The van der Waals surface area contributed by atoms with Gasteiger partial charge in [0.05, 0.1) is 0 Å². The molecule has 0 heterocycles. The Labute approximate surface area is 108 Å². The lowest BCUT2D eigenvalue weighted by molar-refractivity contribution is 0.289. The molecule has 2 aromatic carbocycles. The highest BCUT2D eigenvalue weighted by Gasteiger charge is 2.06. The van der Waals surface area contributed by atoms with Crippen LogP contribution in [0.1, 0.15) is 11.1 Å². The Morgan fingerprint density at radius 1 is 0.842 bits per heavy atom. The quantitative estimate of drug-likeness (QED) is 0.923. The highest BCUT2D eigenvalue weighted by atomic mass is 19.2. The van der Waals surface area contributed by atoms with E-state index in [1.54, 1.807) is 6.07 Å². The Kier molecular flexibility index (Phi) is 4.06. The molecule has 0 radical (unpaired) electrons. The fourth-order valence-electron chi connectivity index (χ4n) is 1.58. The number of hydrogen-bond acceptors (Lipinski definition) is 2. The van der Waals surface area contributed by atoms with Crippen molar-refractivity contribution in [2.24, 2.45) is 5.73 Å². The van der Waals surface area contributed by atoms with Crippen molar-refractivity contribution >= 4 is 0 Å². The first-order valence-corrected chi connectivity index (χ1v) is 5.65. The largest absolute Gasteiger partial charge is 0.486 e. The van der Waals surface area contributed by atoms with Gasteiger partial charge in [-0.2, -0.15) is 0 Å². The third kappa shape index (κ3) is 3.26. The predicted octanol–water partition coefficient (Wildman–Crippen LogP) is 3.14. The van der Waals surface area contributed by atoms with E-state index in [9.17, 15) is 13.2 Å². The van der Waals surface area contributed by atoms with E-state index < -0.39 is 17.5 Å². The molecular weight excluding hydrogens is 255 g/mol. The molecule has 2 rings (SSSR count). The monoisotopic (exact) mass is 267 g/mol. The molecule has 0 saturated carbocycles. The molecule has 2 aromatic rings. The van der Waals surface area contributed by atoms with E-state index in [1.165, 1.54) is 18.2 Å². The fourth-order valence-corrected chi connectivity index (χ4v) is 1.58. The maximum atomic E-state index is 13.6. The van der Waals surface area contributed by atoms with Gasteiger partial charge in [-0.15, -0.1) is 0 Å². The van der Waals surface area contributed by atoms with Crippen molar-refractivity contribution in [2.75, 3.05) is 0 Å². The van der Waals surface area contributed by atoms with Crippen molar-refractivity contribution in [2.45, 2.75) is 13.2 Å². The summed E-state index contributed by atoms with van der Waals surface area (Å²) >= 11 is 0. The molecule has 0 spiro atoms. The van der Waals surface area contributed by atoms with E-state index >= 15 is 0 Å². The SMILES string of the molecule is NCc1ccc(OCc2ccc(F)c(F)c2)c(F)c1. The highest BCUT2D eigenvalue weighted by Crippen LogP contribution is 2.20. The maximum Gasteiger partial charge on any atom is 0.165 e. The van der Waals surface area contributed by atoms with Crippen molar-refractivity contribution in [1.29, 1.82) is 0 Å². The molecule has 0 aliphatic rings. The second-order valence-corrected chi connectivity index (χ2v) is 4.01. The van der Waals surface area contributed by atoms with Crippen LogP contribution in [-0.4, -0.2) is 0 Å². The molecule has 0 amide bonds. The van der Waals surface area contributed by atoms with Gasteiger partial charge in [0.1, 0.15) is 6.61 Å². The summed E-state index contributed by atoms with van der Waals surface area (Å²) in [6.45, 7) is 0.191. The second kappa shape index (κ2) is 5.75. The van der Waals surface area contributed by atoms with Crippen LogP contribution in [0.3, 0.4) is 0 Å². The number of nitrogens with two attached hydrogens (primary N) is 1. The van der Waals surface area contributed by atoms with E-state index in [-0.39, 0.29) is 18.9 Å². The lowest BCUT2D eigenvalue weighted by Crippen LogP contribution is -2.01. The minimum Gasteiger partial charge on any atom is -0.486 e. The van der Waals surface area contributed by atoms with Gasteiger partial charge in [0, 0.05) is 6.54 Å². The first-order chi connectivity index (χ1) is 9.10. The standard InChI is InChI=1S/C14H12F3NO/c15-11-3-1-10(6-12(11)16)8-19-14-4-2-9(7-18)5-13(14)17/h1-6H,7-8,18H2. The molecule has 0 fully saturated rings. The first kappa shape index (κ1) is 13.4. The summed E-state index contributed by atoms with van der Waals surface area (Å²) in [6.07, 6.45) is 0. The van der Waals surface area contributed by atoms with Crippen molar-refractivity contribution in [3.05, 3.63) is 65.0 Å². The van der Waals surface area contributed by atoms with Crippen LogP contribution in [0.15, 0.2) is 36.4 Å². The minimum atomic E-state index is -0.958. The summed E-state index contributed by atoms with van der Waals surface area (Å²) in [5.74, 6) is -2.38. The summed E-state index contributed by atoms with van der Waals surface area (Å²) in [5, 5.41) is 0. The van der Waals surface area contributed by atoms with Crippen LogP contribution >= 0.6 is 0 Å². The zero-order valence-corrected chi connectivity index (χ0v) is 10.00. The molecule has 5 heteroatoms. The maximum absolute atomic E-state index is 13.6. The summed E-state index contributed by atoms with van der Waals surface area (Å²) < 4.78 is 44.5. The summed E-state index contributed by atoms with van der Waals surface area (Å²) in [4.78, 5) is 0. The molecule has 0 saturated heterocycles. The summed E-state index contributed by atoms with van der Waals surface area (Å²) in [7, 11) is 0. The van der Waals surface area contributed by atoms with Crippen molar-refractivity contribution in [1.82, 2.24) is 0 Å². The summed E-state index contributed by atoms with van der Waals surface area (Å²) in [6, 6.07) is 7.77. The Bertz CT molecular complexity index is 587.